The van der Waals surface area contributed by atoms with Crippen molar-refractivity contribution >= 4 is 29.1 Å². The van der Waals surface area contributed by atoms with E-state index in [-0.39, 0.29) is 23.8 Å². The Kier molecular flexibility index (Phi) is 5.07. The first-order valence-electron chi connectivity index (χ1n) is 13.1. The highest BCUT2D eigenvalue weighted by molar-refractivity contribution is 6.11. The second-order valence-corrected chi connectivity index (χ2v) is 10.4. The summed E-state index contributed by atoms with van der Waals surface area (Å²) in [5.74, 6) is -0.637. The number of benzene rings is 1. The maximum Gasteiger partial charge on any atom is 0.255 e. The Morgan fingerprint density at radius 1 is 1.03 bits per heavy atom. The first-order chi connectivity index (χ1) is 18.1. The fourth-order valence-electron chi connectivity index (χ4n) is 7.05. The summed E-state index contributed by atoms with van der Waals surface area (Å²) in [6.45, 7) is 2.52. The van der Waals surface area contributed by atoms with Crippen LogP contribution in [0.25, 0.3) is 5.65 Å². The van der Waals surface area contributed by atoms with Gasteiger partial charge in [0.25, 0.3) is 11.8 Å². The number of hydrogen-bond donors (Lipinski definition) is 1. The highest BCUT2D eigenvalue weighted by atomic mass is 16.2. The van der Waals surface area contributed by atoms with Gasteiger partial charge in [-0.1, -0.05) is 18.2 Å². The molecule has 0 saturated carbocycles. The largest absolute Gasteiger partial charge is 0.356 e. The number of rotatable bonds is 1. The van der Waals surface area contributed by atoms with Gasteiger partial charge < -0.3 is 15.1 Å². The quantitative estimate of drug-likeness (QED) is 0.543. The van der Waals surface area contributed by atoms with Crippen LogP contribution in [-0.4, -0.2) is 80.9 Å². The van der Waals surface area contributed by atoms with Crippen LogP contribution in [0.3, 0.4) is 0 Å². The van der Waals surface area contributed by atoms with Crippen molar-refractivity contribution in [1.82, 2.24) is 29.7 Å². The number of aromatic nitrogens is 3. The molecule has 2 aromatic heterocycles. The molecule has 2 bridgehead atoms. The molecular weight excluding hydrogens is 470 g/mol. The number of fused-ring (bicyclic) bond motifs is 5. The van der Waals surface area contributed by atoms with Crippen molar-refractivity contribution in [3.05, 3.63) is 60.0 Å². The number of pyridine rings is 1. The predicted octanol–water partition coefficient (Wildman–Crippen LogP) is 1.42. The zero-order valence-corrected chi connectivity index (χ0v) is 20.5. The smallest absolute Gasteiger partial charge is 0.255 e. The van der Waals surface area contributed by atoms with Crippen molar-refractivity contribution in [1.29, 1.82) is 0 Å². The van der Waals surface area contributed by atoms with Crippen molar-refractivity contribution in [3.63, 3.8) is 0 Å². The average molecular weight is 500 g/mol. The van der Waals surface area contributed by atoms with Crippen LogP contribution in [0.2, 0.25) is 0 Å². The second-order valence-electron chi connectivity index (χ2n) is 10.4. The summed E-state index contributed by atoms with van der Waals surface area (Å²) < 4.78 is 1.58. The zero-order chi connectivity index (χ0) is 25.1. The number of carbonyl (C=O) groups excluding carboxylic acids is 3. The minimum absolute atomic E-state index is 0.0322. The van der Waals surface area contributed by atoms with Gasteiger partial charge in [-0.3, -0.25) is 19.3 Å². The topological polar surface area (TPSA) is 103 Å². The average Bonchev–Trinajstić information content (AvgIpc) is 3.67. The summed E-state index contributed by atoms with van der Waals surface area (Å²) in [5, 5.41) is 7.26. The van der Waals surface area contributed by atoms with Crippen LogP contribution in [0.5, 0.6) is 0 Å². The van der Waals surface area contributed by atoms with Crippen molar-refractivity contribution < 1.29 is 14.4 Å². The van der Waals surface area contributed by atoms with Gasteiger partial charge in [-0.05, 0) is 50.4 Å². The lowest BCUT2D eigenvalue weighted by molar-refractivity contribution is -0.139. The molecule has 0 unspecified atom stereocenters. The van der Waals surface area contributed by atoms with E-state index in [9.17, 15) is 14.4 Å². The molecule has 4 aliphatic rings. The van der Waals surface area contributed by atoms with Crippen LogP contribution in [0.4, 0.5) is 5.69 Å². The number of amides is 3. The molecule has 0 aliphatic carbocycles. The Labute approximate surface area is 214 Å². The molecule has 10 nitrogen and oxygen atoms in total. The molecule has 4 aliphatic heterocycles. The fraction of sp³-hybridized carbons (Fsp3) is 0.444. The molecular formula is C27H29N7O3. The minimum atomic E-state index is -0.964. The summed E-state index contributed by atoms with van der Waals surface area (Å²) in [6, 6.07) is 11.7. The van der Waals surface area contributed by atoms with E-state index in [1.165, 1.54) is 6.33 Å². The van der Waals surface area contributed by atoms with E-state index in [1.807, 2.05) is 29.2 Å². The molecule has 3 aromatic rings. The molecule has 10 heteroatoms. The third-order valence-corrected chi connectivity index (χ3v) is 8.64. The number of nitrogens with zero attached hydrogens (tertiary/aromatic N) is 6. The zero-order valence-electron chi connectivity index (χ0n) is 20.5. The standard InChI is InChI=1S/C27H29N7O3/c35-24-21-15-19-5-3-12-33(19)27(21)20-6-1-2-7-22(20)32(26(27)37)14-13-31(11-4-10-28-24)25(36)18-8-9-23-29-17-30-34(23)16-18/h1-2,6-9,16-17,19,21H,3-5,10-15H2,(H,28,35)/t19-,21+,27+/m0/s1. The summed E-state index contributed by atoms with van der Waals surface area (Å²) in [7, 11) is 0. The Bertz CT molecular complexity index is 1420. The van der Waals surface area contributed by atoms with Crippen molar-refractivity contribution in [2.75, 3.05) is 37.6 Å². The van der Waals surface area contributed by atoms with Gasteiger partial charge in [0.15, 0.2) is 5.65 Å². The molecule has 3 amide bonds. The van der Waals surface area contributed by atoms with Gasteiger partial charge in [-0.2, -0.15) is 5.10 Å². The highest BCUT2D eigenvalue weighted by Gasteiger charge is 2.67. The van der Waals surface area contributed by atoms with Crippen LogP contribution in [0.15, 0.2) is 48.9 Å². The lowest BCUT2D eigenvalue weighted by atomic mass is 9.78. The summed E-state index contributed by atoms with van der Waals surface area (Å²) in [5.41, 5.74) is 2.00. The van der Waals surface area contributed by atoms with Crippen molar-refractivity contribution in [2.24, 2.45) is 5.92 Å². The van der Waals surface area contributed by atoms with Crippen molar-refractivity contribution in [3.8, 4) is 0 Å². The molecule has 190 valence electrons. The second kappa shape index (κ2) is 8.37. The molecule has 7 rings (SSSR count). The summed E-state index contributed by atoms with van der Waals surface area (Å²) >= 11 is 0. The molecule has 0 radical (unpaired) electrons. The normalized spacial score (nSPS) is 27.9. The van der Waals surface area contributed by atoms with E-state index in [2.05, 4.69) is 20.3 Å². The Hall–Kier alpha value is -3.79. The molecule has 1 spiro atoms. The van der Waals surface area contributed by atoms with Gasteiger partial charge in [0.1, 0.15) is 11.9 Å². The van der Waals surface area contributed by atoms with Gasteiger partial charge in [-0.15, -0.1) is 0 Å². The van der Waals surface area contributed by atoms with Gasteiger partial charge in [0, 0.05) is 49.7 Å². The molecule has 3 atom stereocenters. The number of hydrogen-bond acceptors (Lipinski definition) is 6. The van der Waals surface area contributed by atoms with Crippen LogP contribution in [0.1, 0.15) is 41.6 Å². The monoisotopic (exact) mass is 499 g/mol. The summed E-state index contributed by atoms with van der Waals surface area (Å²) in [4.78, 5) is 51.7. The van der Waals surface area contributed by atoms with Crippen LogP contribution in [0, 0.1) is 5.92 Å². The number of nitrogens with one attached hydrogen (secondary N) is 1. The van der Waals surface area contributed by atoms with E-state index < -0.39 is 11.5 Å². The SMILES string of the molecule is O=C1NCCCN(C(=O)c2ccc3ncnn3c2)CCN2C(=O)[C@@]3(c4ccccc42)[C@@H]1C[C@@H]1CCCN13. The predicted molar refractivity (Wildman–Crippen MR) is 135 cm³/mol. The fourth-order valence-corrected chi connectivity index (χ4v) is 7.05. The van der Waals surface area contributed by atoms with E-state index in [4.69, 9.17) is 0 Å². The van der Waals surface area contributed by atoms with Gasteiger partial charge >= 0.3 is 0 Å². The number of anilines is 1. The van der Waals surface area contributed by atoms with E-state index >= 15 is 0 Å². The van der Waals surface area contributed by atoms with E-state index in [0.717, 1.165) is 30.6 Å². The van der Waals surface area contributed by atoms with Crippen LogP contribution in [-0.2, 0) is 15.1 Å². The van der Waals surface area contributed by atoms with Gasteiger partial charge in [0.05, 0.1) is 11.5 Å². The van der Waals surface area contributed by atoms with Crippen molar-refractivity contribution in [2.45, 2.75) is 37.3 Å². The van der Waals surface area contributed by atoms with Gasteiger partial charge in [-0.25, -0.2) is 9.50 Å². The van der Waals surface area contributed by atoms with Gasteiger partial charge in [0.2, 0.25) is 5.91 Å². The maximum atomic E-state index is 14.4. The van der Waals surface area contributed by atoms with Crippen LogP contribution < -0.4 is 10.2 Å². The molecule has 1 aromatic carbocycles. The molecule has 3 saturated heterocycles. The van der Waals surface area contributed by atoms with Crippen LogP contribution >= 0.6 is 0 Å². The third-order valence-electron chi connectivity index (χ3n) is 8.64. The summed E-state index contributed by atoms with van der Waals surface area (Å²) in [6.07, 6.45) is 6.53. The Morgan fingerprint density at radius 3 is 2.84 bits per heavy atom. The van der Waals surface area contributed by atoms with E-state index in [0.29, 0.717) is 50.2 Å². The minimum Gasteiger partial charge on any atom is -0.356 e. The molecule has 1 N–H and O–H groups in total. The molecule has 6 heterocycles. The molecule has 3 fully saturated rings. The third kappa shape index (κ3) is 3.18. The Balaban J connectivity index is 1.26. The Morgan fingerprint density at radius 2 is 1.92 bits per heavy atom. The highest BCUT2D eigenvalue weighted by Crippen LogP contribution is 2.57. The lowest BCUT2D eigenvalue weighted by Crippen LogP contribution is -2.57. The van der Waals surface area contributed by atoms with E-state index in [1.54, 1.807) is 27.7 Å². The maximum absolute atomic E-state index is 14.4. The lowest BCUT2D eigenvalue weighted by Gasteiger charge is -2.38. The molecule has 37 heavy (non-hydrogen) atoms. The number of carbonyl (C=O) groups is 3. The first-order valence-corrected chi connectivity index (χ1v) is 13.1. The number of para-hydroxylation sites is 1. The first kappa shape index (κ1) is 22.4.